The van der Waals surface area contributed by atoms with Crippen LogP contribution in [0.4, 0.5) is 0 Å². The summed E-state index contributed by atoms with van der Waals surface area (Å²) >= 11 is 0. The van der Waals surface area contributed by atoms with Crippen molar-refractivity contribution in [3.8, 4) is 0 Å². The van der Waals surface area contributed by atoms with Crippen LogP contribution in [0, 0.1) is 5.92 Å². The predicted octanol–water partition coefficient (Wildman–Crippen LogP) is 2.24. The number of hydrogen-bond donors (Lipinski definition) is 0. The smallest absolute Gasteiger partial charge is 0.150 e. The summed E-state index contributed by atoms with van der Waals surface area (Å²) in [6.45, 7) is 2.03. The minimum atomic E-state index is 0.236. The summed E-state index contributed by atoms with van der Waals surface area (Å²) in [6.07, 6.45) is 3.14. The minimum Gasteiger partial charge on any atom is -0.298 e. The Labute approximate surface area is 96.3 Å². The van der Waals surface area contributed by atoms with Gasteiger partial charge in [-0.05, 0) is 30.9 Å². The molecule has 0 unspecified atom stereocenters. The first-order chi connectivity index (χ1) is 7.84. The Morgan fingerprint density at radius 3 is 2.81 bits per heavy atom. The zero-order valence-corrected chi connectivity index (χ0v) is 9.43. The van der Waals surface area contributed by atoms with E-state index in [2.05, 4.69) is 29.2 Å². The molecule has 0 aromatic heterocycles. The molecule has 1 aliphatic carbocycles. The minimum absolute atomic E-state index is 0.236. The Balaban J connectivity index is 1.74. The topological polar surface area (TPSA) is 20.3 Å². The third kappa shape index (κ3) is 1.67. The molecule has 16 heavy (non-hydrogen) atoms. The van der Waals surface area contributed by atoms with Crippen LogP contribution in [0.3, 0.4) is 0 Å². The van der Waals surface area contributed by atoms with Crippen LogP contribution in [0.25, 0.3) is 0 Å². The van der Waals surface area contributed by atoms with Gasteiger partial charge in [0.25, 0.3) is 0 Å². The molecule has 1 aromatic rings. The zero-order valence-electron chi connectivity index (χ0n) is 9.43. The SMILES string of the molecule is O=C1CC[C@H]2CCN(Cc3ccccc3)[C@@H]12. The molecule has 1 aliphatic heterocycles. The van der Waals surface area contributed by atoms with Crippen molar-refractivity contribution in [1.82, 2.24) is 4.90 Å². The van der Waals surface area contributed by atoms with Gasteiger partial charge in [0.2, 0.25) is 0 Å². The number of benzene rings is 1. The molecule has 2 nitrogen and oxygen atoms in total. The number of carbonyl (C=O) groups is 1. The number of likely N-dealkylation sites (tertiary alicyclic amines) is 1. The second kappa shape index (κ2) is 4.02. The Morgan fingerprint density at radius 1 is 1.19 bits per heavy atom. The summed E-state index contributed by atoms with van der Waals surface area (Å²) in [4.78, 5) is 14.2. The van der Waals surface area contributed by atoms with Gasteiger partial charge in [0.15, 0.2) is 0 Å². The largest absolute Gasteiger partial charge is 0.298 e. The average Bonchev–Trinajstić information content (AvgIpc) is 2.86. The lowest BCUT2D eigenvalue weighted by atomic mass is 10.0. The van der Waals surface area contributed by atoms with Gasteiger partial charge in [-0.2, -0.15) is 0 Å². The highest BCUT2D eigenvalue weighted by molar-refractivity contribution is 5.86. The van der Waals surface area contributed by atoms with Crippen molar-refractivity contribution in [2.24, 2.45) is 5.92 Å². The second-order valence-electron chi connectivity index (χ2n) is 4.95. The van der Waals surface area contributed by atoms with Crippen molar-refractivity contribution in [3.63, 3.8) is 0 Å². The molecule has 2 fully saturated rings. The maximum Gasteiger partial charge on any atom is 0.150 e. The first kappa shape index (κ1) is 10.0. The van der Waals surface area contributed by atoms with Crippen molar-refractivity contribution in [2.45, 2.75) is 31.8 Å². The zero-order chi connectivity index (χ0) is 11.0. The molecule has 0 N–H and O–H groups in total. The first-order valence-electron chi connectivity index (χ1n) is 6.15. The van der Waals surface area contributed by atoms with Crippen LogP contribution in [-0.4, -0.2) is 23.3 Å². The number of carbonyl (C=O) groups excluding carboxylic acids is 1. The van der Waals surface area contributed by atoms with Crippen LogP contribution in [-0.2, 0) is 11.3 Å². The molecule has 2 aliphatic rings. The molecular weight excluding hydrogens is 198 g/mol. The number of rotatable bonds is 2. The van der Waals surface area contributed by atoms with Crippen LogP contribution in [0.1, 0.15) is 24.8 Å². The number of fused-ring (bicyclic) bond motifs is 1. The van der Waals surface area contributed by atoms with Gasteiger partial charge in [0, 0.05) is 13.0 Å². The number of Topliss-reactive ketones (excluding diaryl/α,β-unsaturated/α-hetero) is 1. The maximum absolute atomic E-state index is 11.8. The van der Waals surface area contributed by atoms with Crippen LogP contribution < -0.4 is 0 Å². The van der Waals surface area contributed by atoms with E-state index in [4.69, 9.17) is 0 Å². The molecule has 0 amide bonds. The van der Waals surface area contributed by atoms with E-state index in [0.29, 0.717) is 11.7 Å². The van der Waals surface area contributed by atoms with Gasteiger partial charge >= 0.3 is 0 Å². The molecule has 1 saturated carbocycles. The predicted molar refractivity (Wildman–Crippen MR) is 63.0 cm³/mol. The molecule has 84 valence electrons. The Kier molecular flexibility index (Phi) is 2.52. The lowest BCUT2D eigenvalue weighted by Crippen LogP contribution is -2.35. The van der Waals surface area contributed by atoms with E-state index in [9.17, 15) is 4.79 Å². The monoisotopic (exact) mass is 215 g/mol. The van der Waals surface area contributed by atoms with Crippen molar-refractivity contribution >= 4 is 5.78 Å². The summed E-state index contributed by atoms with van der Waals surface area (Å²) in [5.41, 5.74) is 1.32. The fourth-order valence-electron chi connectivity index (χ4n) is 3.17. The first-order valence-corrected chi connectivity index (χ1v) is 6.15. The molecule has 2 atom stereocenters. The highest BCUT2D eigenvalue weighted by Crippen LogP contribution is 2.36. The summed E-state index contributed by atoms with van der Waals surface area (Å²) in [5, 5.41) is 0. The quantitative estimate of drug-likeness (QED) is 0.754. The van der Waals surface area contributed by atoms with E-state index >= 15 is 0 Å². The van der Waals surface area contributed by atoms with Crippen LogP contribution in [0.5, 0.6) is 0 Å². The maximum atomic E-state index is 11.8. The lowest BCUT2D eigenvalue weighted by Gasteiger charge is -2.22. The van der Waals surface area contributed by atoms with Crippen molar-refractivity contribution < 1.29 is 4.79 Å². The Hall–Kier alpha value is -1.15. The van der Waals surface area contributed by atoms with Crippen molar-refractivity contribution in [2.75, 3.05) is 6.54 Å². The van der Waals surface area contributed by atoms with Crippen molar-refractivity contribution in [1.29, 1.82) is 0 Å². The van der Waals surface area contributed by atoms with E-state index in [1.807, 2.05) is 6.07 Å². The van der Waals surface area contributed by atoms with E-state index in [-0.39, 0.29) is 6.04 Å². The number of ketones is 1. The van der Waals surface area contributed by atoms with Gasteiger partial charge < -0.3 is 0 Å². The van der Waals surface area contributed by atoms with Crippen LogP contribution in [0.15, 0.2) is 30.3 Å². The molecular formula is C14H17NO. The second-order valence-corrected chi connectivity index (χ2v) is 4.95. The third-order valence-electron chi connectivity index (χ3n) is 3.95. The van der Waals surface area contributed by atoms with Crippen molar-refractivity contribution in [3.05, 3.63) is 35.9 Å². The van der Waals surface area contributed by atoms with Crippen LogP contribution in [0.2, 0.25) is 0 Å². The number of hydrogen-bond acceptors (Lipinski definition) is 2. The van der Waals surface area contributed by atoms with E-state index in [1.165, 1.54) is 12.0 Å². The fraction of sp³-hybridized carbons (Fsp3) is 0.500. The Bertz CT molecular complexity index is 387. The van der Waals surface area contributed by atoms with Gasteiger partial charge in [0.05, 0.1) is 6.04 Å². The molecule has 0 radical (unpaired) electrons. The summed E-state index contributed by atoms with van der Waals surface area (Å²) in [6, 6.07) is 10.7. The van der Waals surface area contributed by atoms with Gasteiger partial charge in [-0.1, -0.05) is 30.3 Å². The van der Waals surface area contributed by atoms with Gasteiger partial charge in [-0.15, -0.1) is 0 Å². The molecule has 0 spiro atoms. The van der Waals surface area contributed by atoms with E-state index in [1.54, 1.807) is 0 Å². The van der Waals surface area contributed by atoms with Gasteiger partial charge in [-0.25, -0.2) is 0 Å². The molecule has 0 bridgehead atoms. The summed E-state index contributed by atoms with van der Waals surface area (Å²) in [7, 11) is 0. The summed E-state index contributed by atoms with van der Waals surface area (Å²) in [5.74, 6) is 1.12. The highest BCUT2D eigenvalue weighted by Gasteiger charge is 2.42. The molecule has 3 rings (SSSR count). The molecule has 1 saturated heterocycles. The third-order valence-corrected chi connectivity index (χ3v) is 3.95. The van der Waals surface area contributed by atoms with Gasteiger partial charge in [0.1, 0.15) is 5.78 Å². The average molecular weight is 215 g/mol. The molecule has 2 heteroatoms. The van der Waals surface area contributed by atoms with E-state index in [0.717, 1.165) is 25.9 Å². The molecule has 1 aromatic carbocycles. The Morgan fingerprint density at radius 2 is 2.00 bits per heavy atom. The highest BCUT2D eigenvalue weighted by atomic mass is 16.1. The lowest BCUT2D eigenvalue weighted by molar-refractivity contribution is -0.121. The standard InChI is InChI=1S/C14H17NO/c16-13-7-6-12-8-9-15(14(12)13)10-11-4-2-1-3-5-11/h1-5,12,14H,6-10H2/t12-,14+/m0/s1. The van der Waals surface area contributed by atoms with Crippen LogP contribution >= 0.6 is 0 Å². The normalized spacial score (nSPS) is 29.6. The van der Waals surface area contributed by atoms with Gasteiger partial charge in [-0.3, -0.25) is 9.69 Å². The van der Waals surface area contributed by atoms with E-state index < -0.39 is 0 Å². The summed E-state index contributed by atoms with van der Waals surface area (Å²) < 4.78 is 0. The molecule has 1 heterocycles. The fourth-order valence-corrected chi connectivity index (χ4v) is 3.17. The number of nitrogens with zero attached hydrogens (tertiary/aromatic N) is 1.